The van der Waals surface area contributed by atoms with E-state index in [2.05, 4.69) is 9.97 Å². The highest BCUT2D eigenvalue weighted by Gasteiger charge is 2.15. The minimum Gasteiger partial charge on any atom is -0.480 e. The van der Waals surface area contributed by atoms with Gasteiger partial charge in [-0.2, -0.15) is 0 Å². The van der Waals surface area contributed by atoms with Crippen LogP contribution < -0.4 is 0 Å². The largest absolute Gasteiger partial charge is 0.480 e. The van der Waals surface area contributed by atoms with Crippen LogP contribution in [0.25, 0.3) is 0 Å². The third kappa shape index (κ3) is 10.2. The van der Waals surface area contributed by atoms with Gasteiger partial charge in [0.25, 0.3) is 0 Å². The van der Waals surface area contributed by atoms with E-state index < -0.39 is 37.0 Å². The summed E-state index contributed by atoms with van der Waals surface area (Å²) in [6.45, 7) is 0.303. The molecule has 2 rings (SSSR count). The molecule has 0 aliphatic heterocycles. The predicted octanol–water partition coefficient (Wildman–Crippen LogP) is 0.363. The molecule has 0 aliphatic carbocycles. The van der Waals surface area contributed by atoms with Crippen molar-refractivity contribution in [1.29, 1.82) is 0 Å². The van der Waals surface area contributed by atoms with Gasteiger partial charge in [-0.25, -0.2) is 19.6 Å². The van der Waals surface area contributed by atoms with Crippen molar-refractivity contribution in [1.82, 2.24) is 19.8 Å². The summed E-state index contributed by atoms with van der Waals surface area (Å²) in [5.41, 5.74) is 0.741. The van der Waals surface area contributed by atoms with Crippen LogP contribution in [0.2, 0.25) is 0 Å². The van der Waals surface area contributed by atoms with E-state index in [1.807, 2.05) is 4.90 Å². The van der Waals surface area contributed by atoms with Gasteiger partial charge in [0.2, 0.25) is 0 Å². The van der Waals surface area contributed by atoms with Gasteiger partial charge in [0.1, 0.15) is 11.4 Å². The molecule has 0 saturated heterocycles. The minimum absolute atomic E-state index is 0.0912. The number of aromatic carboxylic acids is 2. The predicted molar refractivity (Wildman–Crippen MR) is 119 cm³/mol. The minimum atomic E-state index is -1.16. The van der Waals surface area contributed by atoms with Gasteiger partial charge < -0.3 is 25.2 Å². The van der Waals surface area contributed by atoms with E-state index in [4.69, 9.17) is 14.9 Å². The maximum atomic E-state index is 11.2. The molecule has 2 aromatic heterocycles. The van der Waals surface area contributed by atoms with Crippen LogP contribution in [0, 0.1) is 0 Å². The van der Waals surface area contributed by atoms with Crippen molar-refractivity contribution in [2.45, 2.75) is 13.1 Å². The summed E-state index contributed by atoms with van der Waals surface area (Å²) in [7, 11) is 0. The lowest BCUT2D eigenvalue weighted by molar-refractivity contribution is -0.142. The zero-order valence-corrected chi connectivity index (χ0v) is 18.7. The Morgan fingerprint density at radius 2 is 1.11 bits per heavy atom. The second-order valence-electron chi connectivity index (χ2n) is 7.46. The zero-order chi connectivity index (χ0) is 25.8. The molecule has 0 fully saturated rings. The third-order valence-electron chi connectivity index (χ3n) is 4.64. The van der Waals surface area contributed by atoms with E-state index in [0.29, 0.717) is 17.9 Å². The molecular weight excluding hydrogens is 464 g/mol. The van der Waals surface area contributed by atoms with Gasteiger partial charge in [0.05, 0.1) is 37.7 Å². The topological polar surface area (TPSA) is 191 Å². The van der Waals surface area contributed by atoms with Gasteiger partial charge in [0.15, 0.2) is 0 Å². The number of nitrogens with zero attached hydrogens (tertiary/aromatic N) is 4. The number of aromatic nitrogens is 2. The lowest BCUT2D eigenvalue weighted by Crippen LogP contribution is -2.37. The highest BCUT2D eigenvalue weighted by molar-refractivity contribution is 5.85. The van der Waals surface area contributed by atoms with Crippen LogP contribution in [0.4, 0.5) is 0 Å². The SMILES string of the molecule is O=C(O)CN(CCOCCN(Cc1cccc(C(=O)O)n1)Cc1cccc(C(=O)O)n1)CC(=O)O. The lowest BCUT2D eigenvalue weighted by atomic mass is 10.2. The summed E-state index contributed by atoms with van der Waals surface area (Å²) in [6, 6.07) is 9.22. The van der Waals surface area contributed by atoms with Crippen LogP contribution in [0.3, 0.4) is 0 Å². The van der Waals surface area contributed by atoms with Crippen LogP contribution in [-0.2, 0) is 27.4 Å². The first-order valence-electron chi connectivity index (χ1n) is 10.5. The summed E-state index contributed by atoms with van der Waals surface area (Å²) in [5, 5.41) is 36.1. The second-order valence-corrected chi connectivity index (χ2v) is 7.46. The van der Waals surface area contributed by atoms with Crippen molar-refractivity contribution >= 4 is 23.9 Å². The Morgan fingerprint density at radius 1 is 0.686 bits per heavy atom. The van der Waals surface area contributed by atoms with Gasteiger partial charge >= 0.3 is 23.9 Å². The van der Waals surface area contributed by atoms with Gasteiger partial charge in [-0.15, -0.1) is 0 Å². The normalized spacial score (nSPS) is 11.0. The molecule has 0 aliphatic rings. The van der Waals surface area contributed by atoms with Crippen LogP contribution in [0.1, 0.15) is 32.4 Å². The number of ether oxygens (including phenoxy) is 1. The molecule has 35 heavy (non-hydrogen) atoms. The third-order valence-corrected chi connectivity index (χ3v) is 4.64. The molecule has 0 spiro atoms. The Bertz CT molecular complexity index is 972. The number of pyridine rings is 2. The molecule has 2 aromatic rings. The van der Waals surface area contributed by atoms with Gasteiger partial charge in [0, 0.05) is 26.2 Å². The Morgan fingerprint density at radius 3 is 1.51 bits per heavy atom. The van der Waals surface area contributed by atoms with Crippen LogP contribution in [0.15, 0.2) is 36.4 Å². The molecule has 0 saturated carbocycles. The first-order valence-corrected chi connectivity index (χ1v) is 10.5. The Hall–Kier alpha value is -3.94. The van der Waals surface area contributed by atoms with Crippen LogP contribution in [-0.4, -0.2) is 103 Å². The number of carbonyl (C=O) groups is 4. The monoisotopic (exact) mass is 490 g/mol. The van der Waals surface area contributed by atoms with E-state index in [0.717, 1.165) is 0 Å². The van der Waals surface area contributed by atoms with E-state index in [1.165, 1.54) is 17.0 Å². The summed E-state index contributed by atoms with van der Waals surface area (Å²) in [4.78, 5) is 55.5. The number of aliphatic carboxylic acids is 2. The highest BCUT2D eigenvalue weighted by Crippen LogP contribution is 2.09. The van der Waals surface area contributed by atoms with E-state index in [-0.39, 0.29) is 44.2 Å². The van der Waals surface area contributed by atoms with Crippen molar-refractivity contribution in [3.05, 3.63) is 59.2 Å². The average molecular weight is 490 g/mol. The number of rotatable bonds is 16. The number of carboxylic acids is 4. The Labute approximate surface area is 200 Å². The zero-order valence-electron chi connectivity index (χ0n) is 18.7. The van der Waals surface area contributed by atoms with E-state index in [1.54, 1.807) is 24.3 Å². The van der Waals surface area contributed by atoms with E-state index >= 15 is 0 Å². The molecule has 13 nitrogen and oxygen atoms in total. The van der Waals surface area contributed by atoms with Crippen molar-refractivity contribution in [2.24, 2.45) is 0 Å². The molecule has 0 atom stereocenters. The fraction of sp³-hybridized carbons (Fsp3) is 0.364. The Balaban J connectivity index is 2.02. The molecule has 188 valence electrons. The average Bonchev–Trinajstić information content (AvgIpc) is 2.78. The molecule has 0 amide bonds. The van der Waals surface area contributed by atoms with E-state index in [9.17, 15) is 29.4 Å². The molecule has 0 radical (unpaired) electrons. The van der Waals surface area contributed by atoms with Crippen molar-refractivity contribution in [2.75, 3.05) is 39.4 Å². The molecule has 0 unspecified atom stereocenters. The summed E-state index contributed by atoms with van der Waals surface area (Å²) < 4.78 is 5.56. The van der Waals surface area contributed by atoms with Crippen molar-refractivity contribution in [3.8, 4) is 0 Å². The molecule has 2 heterocycles. The molecule has 0 bridgehead atoms. The van der Waals surface area contributed by atoms with Crippen LogP contribution in [0.5, 0.6) is 0 Å². The summed E-state index contributed by atoms with van der Waals surface area (Å²) in [5.74, 6) is -4.62. The molecule has 13 heteroatoms. The fourth-order valence-corrected chi connectivity index (χ4v) is 3.13. The number of hydrogen-bond acceptors (Lipinski definition) is 9. The molecule has 4 N–H and O–H groups in total. The van der Waals surface area contributed by atoms with Crippen molar-refractivity contribution < 1.29 is 44.3 Å². The fourth-order valence-electron chi connectivity index (χ4n) is 3.13. The summed E-state index contributed by atoms with van der Waals surface area (Å²) in [6.07, 6.45) is 0. The maximum absolute atomic E-state index is 11.2. The van der Waals surface area contributed by atoms with Gasteiger partial charge in [-0.3, -0.25) is 19.4 Å². The highest BCUT2D eigenvalue weighted by atomic mass is 16.5. The number of carboxylic acid groups (broad SMARTS) is 4. The molecular formula is C22H26N4O9. The van der Waals surface area contributed by atoms with Gasteiger partial charge in [-0.05, 0) is 24.3 Å². The first-order chi connectivity index (χ1) is 16.6. The smallest absolute Gasteiger partial charge is 0.354 e. The quantitative estimate of drug-likeness (QED) is 0.236. The van der Waals surface area contributed by atoms with Gasteiger partial charge in [-0.1, -0.05) is 12.1 Å². The maximum Gasteiger partial charge on any atom is 0.354 e. The Kier molecular flexibility index (Phi) is 10.7. The second kappa shape index (κ2) is 13.7. The lowest BCUT2D eigenvalue weighted by Gasteiger charge is -2.22. The van der Waals surface area contributed by atoms with Crippen molar-refractivity contribution in [3.63, 3.8) is 0 Å². The number of hydrogen-bond donors (Lipinski definition) is 4. The standard InChI is InChI=1S/C22H26N4O9/c27-19(28)13-26(14-20(29)30)8-10-35-9-7-25(11-15-3-1-5-17(23-15)21(31)32)12-16-4-2-6-18(24-16)22(33)34/h1-6H,7-14H2,(H,27,28)(H,29,30)(H,31,32)(H,33,34). The first kappa shape index (κ1) is 27.3. The molecule has 0 aromatic carbocycles. The van der Waals surface area contributed by atoms with Crippen LogP contribution >= 0.6 is 0 Å². The summed E-state index contributed by atoms with van der Waals surface area (Å²) >= 11 is 0.